The summed E-state index contributed by atoms with van der Waals surface area (Å²) < 4.78 is 0. The van der Waals surface area contributed by atoms with Gasteiger partial charge in [-0.1, -0.05) is 12.8 Å². The summed E-state index contributed by atoms with van der Waals surface area (Å²) in [4.78, 5) is 29.5. The fourth-order valence-corrected chi connectivity index (χ4v) is 5.16. The Hall–Kier alpha value is -2.11. The van der Waals surface area contributed by atoms with Crippen LogP contribution in [0.4, 0.5) is 5.82 Å². The summed E-state index contributed by atoms with van der Waals surface area (Å²) in [6, 6.07) is 2.73. The van der Waals surface area contributed by atoms with Gasteiger partial charge in [0.1, 0.15) is 17.8 Å². The minimum atomic E-state index is 0.344. The first kappa shape index (κ1) is 15.2. The first-order valence-electron chi connectivity index (χ1n) is 9.64. The summed E-state index contributed by atoms with van der Waals surface area (Å²) >= 11 is 0. The zero-order valence-electron chi connectivity index (χ0n) is 14.5. The molecule has 1 saturated carbocycles. The molecule has 6 nitrogen and oxygen atoms in total. The Labute approximate surface area is 147 Å². The van der Waals surface area contributed by atoms with Crippen molar-refractivity contribution < 1.29 is 4.79 Å². The highest BCUT2D eigenvalue weighted by Crippen LogP contribution is 2.36. The Balaban J connectivity index is 1.34. The van der Waals surface area contributed by atoms with Crippen LogP contribution in [0.25, 0.3) is 11.0 Å². The van der Waals surface area contributed by atoms with Crippen LogP contribution in [0.15, 0.2) is 18.6 Å². The van der Waals surface area contributed by atoms with Gasteiger partial charge in [-0.2, -0.15) is 0 Å². The molecule has 1 amide bonds. The van der Waals surface area contributed by atoms with E-state index in [9.17, 15) is 4.79 Å². The molecular weight excluding hydrogens is 314 g/mol. The van der Waals surface area contributed by atoms with Crippen LogP contribution in [0.1, 0.15) is 44.9 Å². The van der Waals surface area contributed by atoms with Crippen LogP contribution in [0, 0.1) is 5.92 Å². The maximum atomic E-state index is 12.9. The van der Waals surface area contributed by atoms with Crippen molar-refractivity contribution in [2.45, 2.75) is 57.0 Å². The lowest BCUT2D eigenvalue weighted by Crippen LogP contribution is -2.56. The first-order valence-corrected chi connectivity index (χ1v) is 9.64. The molecule has 3 fully saturated rings. The van der Waals surface area contributed by atoms with Gasteiger partial charge in [-0.15, -0.1) is 0 Å². The highest BCUT2D eigenvalue weighted by Gasteiger charge is 2.43. The molecule has 5 rings (SSSR count). The summed E-state index contributed by atoms with van der Waals surface area (Å²) in [5.41, 5.74) is 0.886. The minimum Gasteiger partial charge on any atom is -0.352 e. The van der Waals surface area contributed by atoms with Gasteiger partial charge in [0, 0.05) is 37.8 Å². The van der Waals surface area contributed by atoms with E-state index in [1.54, 1.807) is 6.33 Å². The van der Waals surface area contributed by atoms with E-state index in [1.165, 1.54) is 25.7 Å². The number of nitrogens with one attached hydrogen (secondary N) is 1. The van der Waals surface area contributed by atoms with Gasteiger partial charge in [0.05, 0.1) is 5.39 Å². The molecular formula is C19H25N5O. The number of nitrogens with zero attached hydrogens (tertiary/aromatic N) is 4. The van der Waals surface area contributed by atoms with Crippen molar-refractivity contribution >= 4 is 22.8 Å². The molecule has 1 aliphatic carbocycles. The Kier molecular flexibility index (Phi) is 3.64. The van der Waals surface area contributed by atoms with Crippen LogP contribution in [-0.2, 0) is 4.79 Å². The number of aromatic amines is 1. The third-order valence-corrected chi connectivity index (χ3v) is 6.34. The third kappa shape index (κ3) is 2.58. The monoisotopic (exact) mass is 339 g/mol. The molecule has 132 valence electrons. The van der Waals surface area contributed by atoms with E-state index in [4.69, 9.17) is 0 Å². The molecule has 2 saturated heterocycles. The van der Waals surface area contributed by atoms with Crippen LogP contribution in [0.3, 0.4) is 0 Å². The number of piperazine rings is 1. The maximum absolute atomic E-state index is 12.9. The maximum Gasteiger partial charge on any atom is 0.223 e. The molecule has 2 aliphatic heterocycles. The zero-order valence-corrected chi connectivity index (χ0v) is 14.5. The highest BCUT2D eigenvalue weighted by atomic mass is 16.2. The topological polar surface area (TPSA) is 65.1 Å². The molecule has 2 aromatic heterocycles. The summed E-state index contributed by atoms with van der Waals surface area (Å²) in [6.45, 7) is 1.79. The Bertz CT molecular complexity index is 767. The van der Waals surface area contributed by atoms with E-state index in [1.807, 2.05) is 12.3 Å². The summed E-state index contributed by atoms with van der Waals surface area (Å²) in [7, 11) is 0. The molecule has 1 N–H and O–H groups in total. The predicted octanol–water partition coefficient (Wildman–Crippen LogP) is 2.72. The van der Waals surface area contributed by atoms with E-state index in [2.05, 4.69) is 24.8 Å². The van der Waals surface area contributed by atoms with E-state index in [0.29, 0.717) is 23.9 Å². The number of carbonyl (C=O) groups is 1. The standard InChI is InChI=1S/C19H25N5O/c25-17(9-13-3-1-2-4-13)24-14-5-6-15(24)11-23(10-14)19-16-7-8-20-18(16)21-12-22-19/h7-8,12-15H,1-6,9-11H2,(H,20,21,22). The van der Waals surface area contributed by atoms with E-state index in [0.717, 1.165) is 49.2 Å². The van der Waals surface area contributed by atoms with Crippen molar-refractivity contribution in [2.75, 3.05) is 18.0 Å². The molecule has 6 heteroatoms. The normalized spacial score (nSPS) is 26.7. The molecule has 3 aliphatic rings. The van der Waals surface area contributed by atoms with E-state index < -0.39 is 0 Å². The molecule has 25 heavy (non-hydrogen) atoms. The molecule has 2 unspecified atom stereocenters. The quantitative estimate of drug-likeness (QED) is 0.934. The van der Waals surface area contributed by atoms with Gasteiger partial charge in [-0.25, -0.2) is 9.97 Å². The number of hydrogen-bond donors (Lipinski definition) is 1. The molecule has 4 heterocycles. The number of anilines is 1. The smallest absolute Gasteiger partial charge is 0.223 e. The number of rotatable bonds is 3. The lowest BCUT2D eigenvalue weighted by molar-refractivity contribution is -0.135. The van der Waals surface area contributed by atoms with Gasteiger partial charge in [0.15, 0.2) is 0 Å². The fraction of sp³-hybridized carbons (Fsp3) is 0.632. The number of carbonyl (C=O) groups excluding carboxylic acids is 1. The van der Waals surface area contributed by atoms with Crippen LogP contribution in [0.2, 0.25) is 0 Å². The van der Waals surface area contributed by atoms with Crippen LogP contribution < -0.4 is 4.90 Å². The summed E-state index contributed by atoms with van der Waals surface area (Å²) in [5.74, 6) is 2.03. The lowest BCUT2D eigenvalue weighted by Gasteiger charge is -2.42. The first-order chi connectivity index (χ1) is 12.3. The van der Waals surface area contributed by atoms with Crippen molar-refractivity contribution in [3.8, 4) is 0 Å². The highest BCUT2D eigenvalue weighted by molar-refractivity contribution is 5.87. The van der Waals surface area contributed by atoms with Crippen molar-refractivity contribution in [3.63, 3.8) is 0 Å². The van der Waals surface area contributed by atoms with Crippen LogP contribution in [0.5, 0.6) is 0 Å². The number of hydrogen-bond acceptors (Lipinski definition) is 4. The number of fused-ring (bicyclic) bond motifs is 3. The Morgan fingerprint density at radius 1 is 1.12 bits per heavy atom. The van der Waals surface area contributed by atoms with Crippen LogP contribution in [-0.4, -0.2) is 50.9 Å². The largest absolute Gasteiger partial charge is 0.352 e. The van der Waals surface area contributed by atoms with E-state index in [-0.39, 0.29) is 0 Å². The van der Waals surface area contributed by atoms with Gasteiger partial charge in [-0.05, 0) is 37.7 Å². The van der Waals surface area contributed by atoms with Crippen molar-refractivity contribution in [3.05, 3.63) is 18.6 Å². The number of amides is 1. The van der Waals surface area contributed by atoms with Gasteiger partial charge in [0.2, 0.25) is 5.91 Å². The van der Waals surface area contributed by atoms with Gasteiger partial charge in [0.25, 0.3) is 0 Å². The summed E-state index contributed by atoms with van der Waals surface area (Å²) in [5, 5.41) is 1.08. The Morgan fingerprint density at radius 2 is 1.88 bits per heavy atom. The van der Waals surface area contributed by atoms with Crippen molar-refractivity contribution in [1.82, 2.24) is 19.9 Å². The minimum absolute atomic E-state index is 0.344. The second-order valence-electron chi connectivity index (χ2n) is 7.88. The number of H-pyrrole nitrogens is 1. The molecule has 0 radical (unpaired) electrons. The lowest BCUT2D eigenvalue weighted by atomic mass is 10.0. The molecule has 2 atom stereocenters. The van der Waals surface area contributed by atoms with Crippen molar-refractivity contribution in [2.24, 2.45) is 5.92 Å². The second kappa shape index (κ2) is 6.00. The molecule has 2 aromatic rings. The Morgan fingerprint density at radius 3 is 2.64 bits per heavy atom. The molecule has 0 spiro atoms. The average molecular weight is 339 g/mol. The van der Waals surface area contributed by atoms with Crippen molar-refractivity contribution in [1.29, 1.82) is 0 Å². The van der Waals surface area contributed by atoms with E-state index >= 15 is 0 Å². The van der Waals surface area contributed by atoms with Gasteiger partial charge < -0.3 is 14.8 Å². The summed E-state index contributed by atoms with van der Waals surface area (Å²) in [6.07, 6.45) is 11.7. The second-order valence-corrected chi connectivity index (χ2v) is 7.88. The molecule has 2 bridgehead atoms. The third-order valence-electron chi connectivity index (χ3n) is 6.34. The van der Waals surface area contributed by atoms with Gasteiger partial charge in [-0.3, -0.25) is 4.79 Å². The van der Waals surface area contributed by atoms with Crippen LogP contribution >= 0.6 is 0 Å². The number of aromatic nitrogens is 3. The average Bonchev–Trinajstić information content (AvgIpc) is 3.34. The fourth-order valence-electron chi connectivity index (χ4n) is 5.16. The molecule has 0 aromatic carbocycles. The van der Waals surface area contributed by atoms with Gasteiger partial charge >= 0.3 is 0 Å². The zero-order chi connectivity index (χ0) is 16.8. The SMILES string of the molecule is O=C(CC1CCCC1)N1C2CCC1CN(c1ncnc3[nH]ccc13)C2. The predicted molar refractivity (Wildman–Crippen MR) is 96.3 cm³/mol.